The zero-order valence-electron chi connectivity index (χ0n) is 12.5. The molecule has 0 aliphatic carbocycles. The lowest BCUT2D eigenvalue weighted by Gasteiger charge is -2.19. The van der Waals surface area contributed by atoms with Gasteiger partial charge in [-0.25, -0.2) is 9.78 Å². The van der Waals surface area contributed by atoms with Crippen molar-refractivity contribution in [3.8, 4) is 0 Å². The summed E-state index contributed by atoms with van der Waals surface area (Å²) in [5, 5.41) is 10.1. The summed E-state index contributed by atoms with van der Waals surface area (Å²) in [6, 6.07) is -0.686. The predicted molar refractivity (Wildman–Crippen MR) is 82.2 cm³/mol. The molecular formula is C15H20N2O3S. The van der Waals surface area contributed by atoms with Gasteiger partial charge in [0.2, 0.25) is 5.91 Å². The maximum atomic E-state index is 12.1. The van der Waals surface area contributed by atoms with Gasteiger partial charge in [-0.1, -0.05) is 20.8 Å². The zero-order valence-corrected chi connectivity index (χ0v) is 13.3. The van der Waals surface area contributed by atoms with Crippen LogP contribution < -0.4 is 0 Å². The van der Waals surface area contributed by atoms with Gasteiger partial charge >= 0.3 is 5.97 Å². The first kappa shape index (κ1) is 15.7. The average Bonchev–Trinajstić information content (AvgIpc) is 3.04. The first-order valence-corrected chi connectivity index (χ1v) is 7.78. The molecule has 6 heteroatoms. The number of amides is 1. The Hall–Kier alpha value is -1.69. The molecule has 2 heterocycles. The molecular weight excluding hydrogens is 288 g/mol. The van der Waals surface area contributed by atoms with Gasteiger partial charge in [0.05, 0.1) is 5.01 Å². The first-order chi connectivity index (χ1) is 9.79. The monoisotopic (exact) mass is 308 g/mol. The Morgan fingerprint density at radius 1 is 1.48 bits per heavy atom. The standard InChI is InChI=1S/C15H20N2O3S/c1-15(2,3)14-16-9-10(21-14)6-7-12(18)17-8-4-5-11(17)13(19)20/h6-7,9,11H,4-5,8H2,1-3H3,(H,19,20)/b7-6+. The van der Waals surface area contributed by atoms with Crippen LogP contribution in [0.25, 0.3) is 6.08 Å². The summed E-state index contributed by atoms with van der Waals surface area (Å²) >= 11 is 1.55. The minimum atomic E-state index is -0.929. The van der Waals surface area contributed by atoms with E-state index in [0.717, 1.165) is 16.3 Å². The highest BCUT2D eigenvalue weighted by Gasteiger charge is 2.32. The number of carbonyl (C=O) groups excluding carboxylic acids is 1. The molecule has 1 atom stereocenters. The minimum Gasteiger partial charge on any atom is -0.480 e. The molecule has 5 nitrogen and oxygen atoms in total. The fourth-order valence-electron chi connectivity index (χ4n) is 2.25. The normalized spacial score (nSPS) is 19.4. The van der Waals surface area contributed by atoms with Crippen LogP contribution in [0.15, 0.2) is 12.3 Å². The summed E-state index contributed by atoms with van der Waals surface area (Å²) in [5.74, 6) is -1.17. The minimum absolute atomic E-state index is 0.00980. The quantitative estimate of drug-likeness (QED) is 0.871. The third kappa shape index (κ3) is 3.69. The van der Waals surface area contributed by atoms with Crippen molar-refractivity contribution in [2.75, 3.05) is 6.54 Å². The van der Waals surface area contributed by atoms with Crippen molar-refractivity contribution < 1.29 is 14.7 Å². The molecule has 1 N–H and O–H groups in total. The van der Waals surface area contributed by atoms with Crippen molar-refractivity contribution in [1.29, 1.82) is 0 Å². The van der Waals surface area contributed by atoms with E-state index < -0.39 is 12.0 Å². The molecule has 0 bridgehead atoms. The number of nitrogens with zero attached hydrogens (tertiary/aromatic N) is 2. The Kier molecular flexibility index (Phi) is 4.46. The summed E-state index contributed by atoms with van der Waals surface area (Å²) in [6.07, 6.45) is 6.18. The number of aliphatic carboxylic acids is 1. The highest BCUT2D eigenvalue weighted by Crippen LogP contribution is 2.27. The number of hydrogen-bond donors (Lipinski definition) is 1. The molecule has 2 rings (SSSR count). The van der Waals surface area contributed by atoms with Gasteiger partial charge in [0, 0.05) is 29.1 Å². The zero-order chi connectivity index (χ0) is 15.6. The highest BCUT2D eigenvalue weighted by atomic mass is 32.1. The molecule has 1 saturated heterocycles. The molecule has 1 amide bonds. The topological polar surface area (TPSA) is 70.5 Å². The lowest BCUT2D eigenvalue weighted by atomic mass is 9.98. The average molecular weight is 308 g/mol. The Morgan fingerprint density at radius 2 is 2.19 bits per heavy atom. The highest BCUT2D eigenvalue weighted by molar-refractivity contribution is 7.12. The number of likely N-dealkylation sites (tertiary alicyclic amines) is 1. The molecule has 0 aromatic carbocycles. The number of hydrogen-bond acceptors (Lipinski definition) is 4. The summed E-state index contributed by atoms with van der Waals surface area (Å²) < 4.78 is 0. The predicted octanol–water partition coefficient (Wildman–Crippen LogP) is 2.53. The second-order valence-corrected chi connectivity index (χ2v) is 7.24. The van der Waals surface area contributed by atoms with Crippen molar-refractivity contribution in [3.63, 3.8) is 0 Å². The van der Waals surface area contributed by atoms with Crippen molar-refractivity contribution >= 4 is 29.3 Å². The lowest BCUT2D eigenvalue weighted by molar-refractivity contribution is -0.146. The van der Waals surface area contributed by atoms with Crippen LogP contribution in [0.3, 0.4) is 0 Å². The molecule has 1 aliphatic heterocycles. The van der Waals surface area contributed by atoms with Crippen LogP contribution in [0.5, 0.6) is 0 Å². The third-order valence-electron chi connectivity index (χ3n) is 3.38. The SMILES string of the molecule is CC(C)(C)c1ncc(/C=C/C(=O)N2CCCC2C(=O)O)s1. The Balaban J connectivity index is 2.05. The second-order valence-electron chi connectivity index (χ2n) is 6.18. The summed E-state index contributed by atoms with van der Waals surface area (Å²) in [7, 11) is 0. The smallest absolute Gasteiger partial charge is 0.326 e. The molecule has 1 aliphatic rings. The van der Waals surface area contributed by atoms with Crippen LogP contribution in [-0.2, 0) is 15.0 Å². The van der Waals surface area contributed by atoms with Crippen molar-refractivity contribution in [1.82, 2.24) is 9.88 Å². The summed E-state index contributed by atoms with van der Waals surface area (Å²) in [5.41, 5.74) is -0.00980. The second kappa shape index (κ2) is 5.97. The van der Waals surface area contributed by atoms with E-state index in [1.54, 1.807) is 23.6 Å². The molecule has 1 aromatic rings. The van der Waals surface area contributed by atoms with Gasteiger partial charge in [-0.3, -0.25) is 4.79 Å². The van der Waals surface area contributed by atoms with Gasteiger partial charge in [0.25, 0.3) is 0 Å². The van der Waals surface area contributed by atoms with Crippen LogP contribution in [0.1, 0.15) is 43.5 Å². The van der Waals surface area contributed by atoms with E-state index in [-0.39, 0.29) is 11.3 Å². The van der Waals surface area contributed by atoms with Crippen LogP contribution in [0.4, 0.5) is 0 Å². The lowest BCUT2D eigenvalue weighted by Crippen LogP contribution is -2.39. The van der Waals surface area contributed by atoms with E-state index >= 15 is 0 Å². The van der Waals surface area contributed by atoms with Gasteiger partial charge < -0.3 is 10.0 Å². The number of rotatable bonds is 3. The van der Waals surface area contributed by atoms with E-state index in [4.69, 9.17) is 5.11 Å². The largest absolute Gasteiger partial charge is 0.480 e. The van der Waals surface area contributed by atoms with E-state index in [9.17, 15) is 9.59 Å². The number of carboxylic acids is 1. The molecule has 114 valence electrons. The Labute approximate surface area is 128 Å². The van der Waals surface area contributed by atoms with Crippen LogP contribution in [0, 0.1) is 0 Å². The van der Waals surface area contributed by atoms with Crippen molar-refractivity contribution in [2.45, 2.75) is 45.1 Å². The Morgan fingerprint density at radius 3 is 2.76 bits per heavy atom. The molecule has 1 unspecified atom stereocenters. The summed E-state index contributed by atoms with van der Waals surface area (Å²) in [6.45, 7) is 6.78. The molecule has 21 heavy (non-hydrogen) atoms. The fraction of sp³-hybridized carbons (Fsp3) is 0.533. The number of thiazole rings is 1. The van der Waals surface area contributed by atoms with E-state index in [1.807, 2.05) is 0 Å². The molecule has 0 radical (unpaired) electrons. The molecule has 0 spiro atoms. The molecule has 0 saturated carbocycles. The molecule has 1 fully saturated rings. The number of carbonyl (C=O) groups is 2. The van der Waals surface area contributed by atoms with Crippen LogP contribution >= 0.6 is 11.3 Å². The van der Waals surface area contributed by atoms with Crippen LogP contribution in [-0.4, -0.2) is 39.5 Å². The summed E-state index contributed by atoms with van der Waals surface area (Å²) in [4.78, 5) is 29.9. The number of aromatic nitrogens is 1. The first-order valence-electron chi connectivity index (χ1n) is 6.97. The number of carboxylic acid groups (broad SMARTS) is 1. The Bertz CT molecular complexity index is 572. The van der Waals surface area contributed by atoms with Gasteiger partial charge in [-0.05, 0) is 18.9 Å². The van der Waals surface area contributed by atoms with Crippen molar-refractivity contribution in [3.05, 3.63) is 22.2 Å². The van der Waals surface area contributed by atoms with E-state index in [2.05, 4.69) is 25.8 Å². The van der Waals surface area contributed by atoms with E-state index in [0.29, 0.717) is 13.0 Å². The third-order valence-corrected chi connectivity index (χ3v) is 4.76. The van der Waals surface area contributed by atoms with Gasteiger partial charge in [-0.2, -0.15) is 0 Å². The fourth-order valence-corrected chi connectivity index (χ4v) is 3.12. The maximum Gasteiger partial charge on any atom is 0.326 e. The molecule has 1 aromatic heterocycles. The van der Waals surface area contributed by atoms with Crippen molar-refractivity contribution in [2.24, 2.45) is 0 Å². The maximum absolute atomic E-state index is 12.1. The van der Waals surface area contributed by atoms with Gasteiger partial charge in [-0.15, -0.1) is 11.3 Å². The van der Waals surface area contributed by atoms with E-state index in [1.165, 1.54) is 11.0 Å². The van der Waals surface area contributed by atoms with Crippen LogP contribution in [0.2, 0.25) is 0 Å². The van der Waals surface area contributed by atoms with Gasteiger partial charge in [0.1, 0.15) is 6.04 Å². The van der Waals surface area contributed by atoms with Gasteiger partial charge in [0.15, 0.2) is 0 Å².